The van der Waals surface area contributed by atoms with Gasteiger partial charge in [0.2, 0.25) is 6.54 Å². The van der Waals surface area contributed by atoms with Crippen molar-refractivity contribution in [3.05, 3.63) is 29.6 Å². The highest BCUT2D eigenvalue weighted by Gasteiger charge is 2.12. The maximum absolute atomic E-state index is 8.55. The Morgan fingerprint density at radius 1 is 1.29 bits per heavy atom. The topological polar surface area (TPSA) is 27.7 Å². The van der Waals surface area contributed by atoms with Crippen LogP contribution in [0.1, 0.15) is 24.0 Å². The van der Waals surface area contributed by atoms with Crippen LogP contribution < -0.4 is 21.5 Å². The number of nitrogens with zero attached hydrogens (tertiary/aromatic N) is 2. The lowest BCUT2D eigenvalue weighted by Gasteiger charge is -2.12. The fraction of sp³-hybridized carbons (Fsp3) is 0.455. The van der Waals surface area contributed by atoms with Crippen molar-refractivity contribution in [2.24, 2.45) is 0 Å². The molecule has 0 spiro atoms. The smallest absolute Gasteiger partial charge is 0.233 e. The van der Waals surface area contributed by atoms with Crippen molar-refractivity contribution in [1.29, 1.82) is 5.26 Å². The van der Waals surface area contributed by atoms with Gasteiger partial charge in [-0.25, -0.2) is 0 Å². The number of halogens is 1. The first-order chi connectivity index (χ1) is 6.40. The average Bonchev–Trinajstić information content (AvgIpc) is 2.18. The van der Waals surface area contributed by atoms with E-state index in [2.05, 4.69) is 18.3 Å². The fourth-order valence-electron chi connectivity index (χ4n) is 1.90. The Labute approximate surface area is 95.0 Å². The van der Waals surface area contributed by atoms with Crippen LogP contribution in [0.2, 0.25) is 0 Å². The molecular weight excluding hydrogens is 240 g/mol. The summed E-state index contributed by atoms with van der Waals surface area (Å²) in [5.41, 5.74) is 2.91. The minimum absolute atomic E-state index is 0. The molecule has 0 aliphatic heterocycles. The number of aromatic nitrogens is 1. The van der Waals surface area contributed by atoms with Crippen LogP contribution in [0.4, 0.5) is 0 Å². The van der Waals surface area contributed by atoms with Crippen molar-refractivity contribution >= 4 is 0 Å². The second-order valence-corrected chi connectivity index (χ2v) is 3.53. The van der Waals surface area contributed by atoms with Crippen LogP contribution in [0.3, 0.4) is 0 Å². The molecule has 74 valence electrons. The van der Waals surface area contributed by atoms with Crippen LogP contribution in [-0.4, -0.2) is 0 Å². The van der Waals surface area contributed by atoms with Gasteiger partial charge >= 0.3 is 0 Å². The van der Waals surface area contributed by atoms with Gasteiger partial charge in [-0.05, 0) is 31.2 Å². The van der Waals surface area contributed by atoms with Crippen LogP contribution in [-0.2, 0) is 19.4 Å². The summed E-state index contributed by atoms with van der Waals surface area (Å²) in [5, 5.41) is 8.55. The van der Waals surface area contributed by atoms with Crippen LogP contribution in [0, 0.1) is 11.3 Å². The first-order valence-corrected chi connectivity index (χ1v) is 4.78. The molecule has 1 aromatic heterocycles. The minimum atomic E-state index is 0. The van der Waals surface area contributed by atoms with E-state index in [-0.39, 0.29) is 17.0 Å². The first kappa shape index (κ1) is 11.2. The Balaban J connectivity index is 0.000000980. The van der Waals surface area contributed by atoms with E-state index in [9.17, 15) is 0 Å². The van der Waals surface area contributed by atoms with Gasteiger partial charge in [-0.15, -0.1) is 0 Å². The van der Waals surface area contributed by atoms with Gasteiger partial charge in [0.25, 0.3) is 0 Å². The zero-order chi connectivity index (χ0) is 9.10. The average molecular weight is 253 g/mol. The molecule has 0 aromatic carbocycles. The van der Waals surface area contributed by atoms with Gasteiger partial charge in [0.05, 0.1) is 0 Å². The first-order valence-electron chi connectivity index (χ1n) is 4.78. The third-order valence-corrected chi connectivity index (χ3v) is 2.60. The van der Waals surface area contributed by atoms with Crippen molar-refractivity contribution in [2.45, 2.75) is 32.2 Å². The standard InChI is InChI=1S/C11H13N2.BrH/c12-6-8-13-7-5-10-3-1-2-4-11(10)9-13;/h5,7,9H,1-4,8H2;1H/q+1;/p-1. The molecule has 0 atom stereocenters. The van der Waals surface area contributed by atoms with Crippen molar-refractivity contribution in [2.75, 3.05) is 0 Å². The van der Waals surface area contributed by atoms with Gasteiger partial charge < -0.3 is 17.0 Å². The summed E-state index contributed by atoms with van der Waals surface area (Å²) in [4.78, 5) is 0. The zero-order valence-electron chi connectivity index (χ0n) is 8.04. The fourth-order valence-corrected chi connectivity index (χ4v) is 1.90. The number of aryl methyl sites for hydroxylation is 2. The molecule has 2 nitrogen and oxygen atoms in total. The Bertz CT molecular complexity index is 355. The Kier molecular flexibility index (Phi) is 4.09. The Morgan fingerprint density at radius 3 is 2.71 bits per heavy atom. The van der Waals surface area contributed by atoms with E-state index < -0.39 is 0 Å². The number of fused-ring (bicyclic) bond motifs is 1. The van der Waals surface area contributed by atoms with E-state index in [1.807, 2.05) is 10.8 Å². The molecule has 2 rings (SSSR count). The van der Waals surface area contributed by atoms with Crippen molar-refractivity contribution in [3.8, 4) is 6.07 Å². The summed E-state index contributed by atoms with van der Waals surface area (Å²) in [7, 11) is 0. The molecule has 0 N–H and O–H groups in total. The molecule has 0 fully saturated rings. The largest absolute Gasteiger partial charge is 1.00 e. The molecule has 0 bridgehead atoms. The van der Waals surface area contributed by atoms with Gasteiger partial charge in [-0.2, -0.15) is 9.83 Å². The van der Waals surface area contributed by atoms with Gasteiger partial charge in [0, 0.05) is 11.6 Å². The lowest BCUT2D eigenvalue weighted by Crippen LogP contribution is -3.00. The van der Waals surface area contributed by atoms with E-state index in [1.165, 1.54) is 36.8 Å². The molecule has 14 heavy (non-hydrogen) atoms. The molecule has 3 heteroatoms. The number of hydrogen-bond donors (Lipinski definition) is 0. The lowest BCUT2D eigenvalue weighted by atomic mass is 9.93. The minimum Gasteiger partial charge on any atom is -1.00 e. The highest BCUT2D eigenvalue weighted by molar-refractivity contribution is 5.23. The number of pyridine rings is 1. The van der Waals surface area contributed by atoms with E-state index in [0.717, 1.165) is 0 Å². The molecule has 0 saturated heterocycles. The monoisotopic (exact) mass is 252 g/mol. The molecule has 0 amide bonds. The maximum Gasteiger partial charge on any atom is 0.233 e. The van der Waals surface area contributed by atoms with Crippen LogP contribution >= 0.6 is 0 Å². The third-order valence-electron chi connectivity index (χ3n) is 2.60. The normalized spacial score (nSPS) is 13.6. The predicted octanol–water partition coefficient (Wildman–Crippen LogP) is -1.62. The molecule has 1 aromatic rings. The molecule has 1 heterocycles. The summed E-state index contributed by atoms with van der Waals surface area (Å²) in [6.07, 6.45) is 9.13. The van der Waals surface area contributed by atoms with Gasteiger partial charge in [0.1, 0.15) is 6.07 Å². The van der Waals surface area contributed by atoms with Gasteiger partial charge in [0.15, 0.2) is 12.4 Å². The summed E-state index contributed by atoms with van der Waals surface area (Å²) in [5.74, 6) is 0. The highest BCUT2D eigenvalue weighted by atomic mass is 79.9. The lowest BCUT2D eigenvalue weighted by molar-refractivity contribution is -0.685. The number of nitriles is 1. The van der Waals surface area contributed by atoms with E-state index in [4.69, 9.17) is 5.26 Å². The number of hydrogen-bond acceptors (Lipinski definition) is 1. The van der Waals surface area contributed by atoms with Gasteiger partial charge in [-0.1, -0.05) is 0 Å². The summed E-state index contributed by atoms with van der Waals surface area (Å²) >= 11 is 0. The quantitative estimate of drug-likeness (QED) is 0.553. The van der Waals surface area contributed by atoms with Crippen molar-refractivity contribution < 1.29 is 21.5 Å². The van der Waals surface area contributed by atoms with Crippen LogP contribution in [0.5, 0.6) is 0 Å². The van der Waals surface area contributed by atoms with Gasteiger partial charge in [-0.3, -0.25) is 0 Å². The molecule has 1 aliphatic rings. The predicted molar refractivity (Wildman–Crippen MR) is 48.9 cm³/mol. The van der Waals surface area contributed by atoms with Crippen LogP contribution in [0.15, 0.2) is 18.5 Å². The maximum atomic E-state index is 8.55. The summed E-state index contributed by atoms with van der Waals surface area (Å²) in [6.45, 7) is 0.466. The third kappa shape index (κ3) is 2.33. The molecular formula is C11H13BrN2. The zero-order valence-corrected chi connectivity index (χ0v) is 9.63. The van der Waals surface area contributed by atoms with Crippen LogP contribution in [0.25, 0.3) is 0 Å². The Morgan fingerprint density at radius 2 is 2.00 bits per heavy atom. The van der Waals surface area contributed by atoms with E-state index in [1.54, 1.807) is 0 Å². The summed E-state index contributed by atoms with van der Waals surface area (Å²) < 4.78 is 1.96. The Hall–Kier alpha value is -0.880. The molecule has 1 aliphatic carbocycles. The van der Waals surface area contributed by atoms with E-state index >= 15 is 0 Å². The van der Waals surface area contributed by atoms with Crippen molar-refractivity contribution in [1.82, 2.24) is 0 Å². The second kappa shape index (κ2) is 5.11. The molecule has 0 unspecified atom stereocenters. The second-order valence-electron chi connectivity index (χ2n) is 3.53. The summed E-state index contributed by atoms with van der Waals surface area (Å²) in [6, 6.07) is 4.31. The molecule has 0 radical (unpaired) electrons. The van der Waals surface area contributed by atoms with E-state index in [0.29, 0.717) is 6.54 Å². The molecule has 0 saturated carbocycles. The highest BCUT2D eigenvalue weighted by Crippen LogP contribution is 2.18. The number of rotatable bonds is 1. The van der Waals surface area contributed by atoms with Crippen molar-refractivity contribution in [3.63, 3.8) is 0 Å². The SMILES string of the molecule is N#CC[n+]1ccc2c(c1)CCCC2.[Br-].